The lowest BCUT2D eigenvalue weighted by Crippen LogP contribution is -2.19. The normalized spacial score (nSPS) is 8.00. The maximum Gasteiger partial charge on any atom is 0.325 e. The minimum atomic E-state index is -0.833. The molecule has 1 aromatic heterocycles. The molecule has 1 rings (SSSR count). The van der Waals surface area contributed by atoms with E-state index in [1.807, 2.05) is 4.98 Å². The number of hydrogen-bond donors (Lipinski definition) is 4. The van der Waals surface area contributed by atoms with Gasteiger partial charge in [-0.05, 0) is 0 Å². The van der Waals surface area contributed by atoms with E-state index in [9.17, 15) is 9.59 Å². The van der Waals surface area contributed by atoms with Gasteiger partial charge in [0.1, 0.15) is 0 Å². The fourth-order valence-corrected chi connectivity index (χ4v) is 0.383. The summed E-state index contributed by atoms with van der Waals surface area (Å²) in [7, 11) is 0. The van der Waals surface area contributed by atoms with Gasteiger partial charge in [-0.25, -0.2) is 9.59 Å². The number of nitrogens with two attached hydrogens (primary N) is 2. The molecular formula is C5H8N4O3. The predicted molar refractivity (Wildman–Crippen MR) is 41.5 cm³/mol. The number of urea groups is 1. The Balaban J connectivity index is 0.000000261. The smallest absolute Gasteiger partial charge is 0.325 e. The van der Waals surface area contributed by atoms with Gasteiger partial charge in [-0.3, -0.25) is 9.78 Å². The van der Waals surface area contributed by atoms with Gasteiger partial charge >= 0.3 is 11.7 Å². The Kier molecular flexibility index (Phi) is 3.91. The first-order chi connectivity index (χ1) is 5.52. The molecule has 6 N–H and O–H groups in total. The van der Waals surface area contributed by atoms with E-state index in [2.05, 4.69) is 16.5 Å². The average molecular weight is 172 g/mol. The Morgan fingerprint density at radius 3 is 2.08 bits per heavy atom. The summed E-state index contributed by atoms with van der Waals surface area (Å²) in [5, 5.41) is 0. The highest BCUT2D eigenvalue weighted by Gasteiger charge is 1.77. The SMILES string of the molecule is NC(N)=O.O=c1cc[nH]c(=O)[nH]1. The highest BCUT2D eigenvalue weighted by Crippen LogP contribution is 1.51. The van der Waals surface area contributed by atoms with Crippen molar-refractivity contribution in [2.24, 2.45) is 11.5 Å². The maximum absolute atomic E-state index is 10.2. The molecule has 7 heteroatoms. The molecule has 0 atom stereocenters. The standard InChI is InChI=1S/C4H4N2O2.CH4N2O/c7-3-1-2-5-4(8)6-3;2-1(3)4/h1-2H,(H2,5,6,7,8);(H4,2,3,4). The third kappa shape index (κ3) is 6.08. The number of nitrogens with one attached hydrogen (secondary N) is 2. The van der Waals surface area contributed by atoms with Crippen LogP contribution >= 0.6 is 0 Å². The summed E-state index contributed by atoms with van der Waals surface area (Å²) in [5.74, 6) is 0. The van der Waals surface area contributed by atoms with Crippen LogP contribution in [-0.2, 0) is 0 Å². The van der Waals surface area contributed by atoms with Gasteiger partial charge in [0.05, 0.1) is 0 Å². The van der Waals surface area contributed by atoms with Crippen molar-refractivity contribution in [2.45, 2.75) is 0 Å². The monoisotopic (exact) mass is 172 g/mol. The van der Waals surface area contributed by atoms with Gasteiger partial charge in [-0.1, -0.05) is 0 Å². The van der Waals surface area contributed by atoms with Crippen molar-refractivity contribution >= 4 is 6.03 Å². The molecule has 0 bridgehead atoms. The fourth-order valence-electron chi connectivity index (χ4n) is 0.383. The summed E-state index contributed by atoms with van der Waals surface area (Å²) >= 11 is 0. The molecule has 0 unspecified atom stereocenters. The third-order valence-electron chi connectivity index (χ3n) is 0.686. The Morgan fingerprint density at radius 2 is 1.83 bits per heavy atom. The zero-order valence-corrected chi connectivity index (χ0v) is 6.03. The largest absolute Gasteiger partial charge is 0.352 e. The lowest BCUT2D eigenvalue weighted by molar-refractivity contribution is 0.256. The van der Waals surface area contributed by atoms with Crippen molar-refractivity contribution in [1.29, 1.82) is 0 Å². The number of H-pyrrole nitrogens is 2. The predicted octanol–water partition coefficient (Wildman–Crippen LogP) is -1.91. The van der Waals surface area contributed by atoms with E-state index in [1.54, 1.807) is 0 Å². The summed E-state index contributed by atoms with van der Waals surface area (Å²) in [6.45, 7) is 0. The van der Waals surface area contributed by atoms with E-state index in [4.69, 9.17) is 4.79 Å². The maximum atomic E-state index is 10.2. The Hall–Kier alpha value is -2.05. The summed E-state index contributed by atoms with van der Waals surface area (Å²) in [5.41, 5.74) is 7.64. The molecule has 66 valence electrons. The molecule has 0 saturated heterocycles. The van der Waals surface area contributed by atoms with Crippen LogP contribution in [0.15, 0.2) is 21.9 Å². The van der Waals surface area contributed by atoms with Crippen LogP contribution in [0.1, 0.15) is 0 Å². The van der Waals surface area contributed by atoms with Crippen LogP contribution in [0.2, 0.25) is 0 Å². The van der Waals surface area contributed by atoms with Gasteiger partial charge in [0.15, 0.2) is 0 Å². The van der Waals surface area contributed by atoms with Gasteiger partial charge < -0.3 is 16.5 Å². The van der Waals surface area contributed by atoms with Crippen molar-refractivity contribution in [2.75, 3.05) is 0 Å². The van der Waals surface area contributed by atoms with Crippen LogP contribution in [0.4, 0.5) is 4.79 Å². The second kappa shape index (κ2) is 4.72. The van der Waals surface area contributed by atoms with Crippen LogP contribution in [0.5, 0.6) is 0 Å². The topological polar surface area (TPSA) is 135 Å². The Labute approximate surface area is 66.4 Å². The van der Waals surface area contributed by atoms with Crippen LogP contribution in [-0.4, -0.2) is 16.0 Å². The van der Waals surface area contributed by atoms with Crippen LogP contribution < -0.4 is 22.7 Å². The van der Waals surface area contributed by atoms with E-state index in [1.165, 1.54) is 12.3 Å². The summed E-state index contributed by atoms with van der Waals surface area (Å²) in [4.78, 5) is 33.7. The molecule has 0 aliphatic carbocycles. The number of aromatic amines is 2. The molecule has 0 aliphatic heterocycles. The van der Waals surface area contributed by atoms with Crippen molar-refractivity contribution in [3.63, 3.8) is 0 Å². The molecule has 1 heterocycles. The van der Waals surface area contributed by atoms with E-state index in [0.29, 0.717) is 0 Å². The van der Waals surface area contributed by atoms with Gasteiger partial charge in [0, 0.05) is 12.3 Å². The molecule has 0 radical (unpaired) electrons. The quantitative estimate of drug-likeness (QED) is 0.363. The molecule has 12 heavy (non-hydrogen) atoms. The number of primary amides is 2. The first-order valence-corrected chi connectivity index (χ1v) is 2.85. The van der Waals surface area contributed by atoms with Gasteiger partial charge in [0.2, 0.25) is 0 Å². The second-order valence-corrected chi connectivity index (χ2v) is 1.70. The summed E-state index contributed by atoms with van der Waals surface area (Å²) in [6, 6.07) is 0.404. The minimum absolute atomic E-state index is 0.381. The van der Waals surface area contributed by atoms with Crippen molar-refractivity contribution in [1.82, 2.24) is 9.97 Å². The zero-order valence-electron chi connectivity index (χ0n) is 6.03. The number of hydrogen-bond acceptors (Lipinski definition) is 3. The fraction of sp³-hybridized carbons (Fsp3) is 0. The van der Waals surface area contributed by atoms with E-state index in [-0.39, 0.29) is 5.56 Å². The first-order valence-electron chi connectivity index (χ1n) is 2.85. The molecule has 0 spiro atoms. The first kappa shape index (κ1) is 9.95. The number of aromatic nitrogens is 2. The van der Waals surface area contributed by atoms with E-state index in [0.717, 1.165) is 0 Å². The lowest BCUT2D eigenvalue weighted by atomic mass is 10.7. The molecular weight excluding hydrogens is 164 g/mol. The van der Waals surface area contributed by atoms with Crippen LogP contribution in [0.25, 0.3) is 0 Å². The van der Waals surface area contributed by atoms with E-state index >= 15 is 0 Å². The van der Waals surface area contributed by atoms with E-state index < -0.39 is 11.7 Å². The highest BCUT2D eigenvalue weighted by molar-refractivity contribution is 5.69. The summed E-state index contributed by atoms with van der Waals surface area (Å²) < 4.78 is 0. The van der Waals surface area contributed by atoms with Gasteiger partial charge in [0.25, 0.3) is 5.56 Å². The number of amides is 2. The zero-order chi connectivity index (χ0) is 9.56. The summed E-state index contributed by atoms with van der Waals surface area (Å²) in [6.07, 6.45) is 1.29. The minimum Gasteiger partial charge on any atom is -0.352 e. The van der Waals surface area contributed by atoms with Gasteiger partial charge in [-0.2, -0.15) is 0 Å². The number of carbonyl (C=O) groups excluding carboxylic acids is 1. The van der Waals surface area contributed by atoms with Crippen LogP contribution in [0.3, 0.4) is 0 Å². The molecule has 0 saturated carbocycles. The molecule has 0 aliphatic rings. The molecule has 2 amide bonds. The van der Waals surface area contributed by atoms with Crippen molar-refractivity contribution in [3.8, 4) is 0 Å². The Bertz CT molecular complexity index is 323. The van der Waals surface area contributed by atoms with Crippen LogP contribution in [0, 0.1) is 0 Å². The lowest BCUT2D eigenvalue weighted by Gasteiger charge is -1.75. The molecule has 0 fully saturated rings. The highest BCUT2D eigenvalue weighted by atomic mass is 16.2. The third-order valence-corrected chi connectivity index (χ3v) is 0.686. The second-order valence-electron chi connectivity index (χ2n) is 1.70. The number of carbonyl (C=O) groups is 1. The average Bonchev–Trinajstić information content (AvgIpc) is 1.84. The Morgan fingerprint density at radius 1 is 1.33 bits per heavy atom. The molecule has 7 nitrogen and oxygen atoms in total. The van der Waals surface area contributed by atoms with Crippen molar-refractivity contribution < 1.29 is 4.79 Å². The van der Waals surface area contributed by atoms with Crippen molar-refractivity contribution in [3.05, 3.63) is 33.1 Å². The van der Waals surface area contributed by atoms with Gasteiger partial charge in [-0.15, -0.1) is 0 Å². The number of rotatable bonds is 0. The molecule has 0 aromatic carbocycles. The molecule has 1 aromatic rings.